The fourth-order valence-electron chi connectivity index (χ4n) is 2.47. The van der Waals surface area contributed by atoms with E-state index in [4.69, 9.17) is 68.6 Å². The second-order valence-corrected chi connectivity index (χ2v) is 8.29. The van der Waals surface area contributed by atoms with Crippen molar-refractivity contribution < 1.29 is 47.6 Å². The van der Waals surface area contributed by atoms with E-state index in [1.807, 2.05) is 0 Å². The van der Waals surface area contributed by atoms with Gasteiger partial charge >= 0.3 is 23.9 Å². The summed E-state index contributed by atoms with van der Waals surface area (Å²) in [4.78, 5) is 46.1. The minimum absolute atomic E-state index is 0.460. The Balaban J connectivity index is 3.37. The summed E-state index contributed by atoms with van der Waals surface area (Å²) in [5.41, 5.74) is 0. The van der Waals surface area contributed by atoms with Gasteiger partial charge in [0.1, 0.15) is 12.7 Å². The van der Waals surface area contributed by atoms with Crippen LogP contribution in [-0.2, 0) is 47.6 Å². The maximum absolute atomic E-state index is 11.7. The number of carbonyl (C=O) groups is 4. The molecule has 0 saturated carbocycles. The molecule has 1 aliphatic rings. The Morgan fingerprint density at radius 2 is 1.27 bits per heavy atom. The van der Waals surface area contributed by atoms with E-state index in [1.54, 1.807) is 0 Å². The Morgan fingerprint density at radius 1 is 0.800 bits per heavy atom. The summed E-state index contributed by atoms with van der Waals surface area (Å²) in [7, 11) is 0. The number of hydrogen-bond donors (Lipinski definition) is 1. The van der Waals surface area contributed by atoms with Crippen molar-refractivity contribution in [2.45, 2.75) is 62.2 Å². The average molecular weight is 499 g/mol. The van der Waals surface area contributed by atoms with Gasteiger partial charge in [-0.2, -0.15) is 0 Å². The number of rotatable bonds is 6. The molecule has 30 heavy (non-hydrogen) atoms. The number of esters is 4. The van der Waals surface area contributed by atoms with Crippen molar-refractivity contribution in [2.75, 3.05) is 6.61 Å². The van der Waals surface area contributed by atoms with Crippen molar-refractivity contribution in [2.24, 2.45) is 0 Å². The molecule has 1 fully saturated rings. The highest BCUT2D eigenvalue weighted by atomic mass is 35.6. The van der Waals surface area contributed by atoms with Crippen LogP contribution in [0.1, 0.15) is 27.7 Å². The zero-order valence-corrected chi connectivity index (χ0v) is 18.6. The number of hydrogen-bond acceptors (Lipinski definition) is 11. The molecule has 0 aromatic rings. The molecule has 1 aliphatic heterocycles. The van der Waals surface area contributed by atoms with E-state index in [9.17, 15) is 19.2 Å². The van der Waals surface area contributed by atoms with Gasteiger partial charge in [-0.15, -0.1) is 0 Å². The Labute approximate surface area is 186 Å². The fraction of sp³-hybridized carbons (Fsp3) is 0.688. The molecule has 11 nitrogen and oxygen atoms in total. The van der Waals surface area contributed by atoms with Crippen LogP contribution in [0.3, 0.4) is 0 Å². The second kappa shape index (κ2) is 11.0. The topological polar surface area (TPSA) is 148 Å². The Morgan fingerprint density at radius 3 is 1.70 bits per heavy atom. The minimum atomic E-state index is -2.29. The maximum Gasteiger partial charge on any atom is 0.303 e. The lowest BCUT2D eigenvalue weighted by molar-refractivity contribution is -0.292. The average Bonchev–Trinajstić information content (AvgIpc) is 2.56. The predicted octanol–water partition coefficient (Wildman–Crippen LogP) is 1.43. The van der Waals surface area contributed by atoms with Gasteiger partial charge in [-0.25, -0.2) is 0 Å². The number of alkyl halides is 3. The van der Waals surface area contributed by atoms with Crippen LogP contribution in [0.25, 0.3) is 0 Å². The van der Waals surface area contributed by atoms with Gasteiger partial charge in [0.05, 0.1) is 0 Å². The fourth-order valence-corrected chi connectivity index (χ4v) is 2.60. The van der Waals surface area contributed by atoms with E-state index in [1.165, 1.54) is 0 Å². The molecule has 0 bridgehead atoms. The van der Waals surface area contributed by atoms with E-state index in [2.05, 4.69) is 0 Å². The third-order valence-corrected chi connectivity index (χ3v) is 3.95. The number of halogens is 3. The lowest BCUT2D eigenvalue weighted by Crippen LogP contribution is -2.63. The van der Waals surface area contributed by atoms with E-state index in [0.29, 0.717) is 0 Å². The lowest BCUT2D eigenvalue weighted by Gasteiger charge is -2.44. The first-order valence-corrected chi connectivity index (χ1v) is 9.48. The van der Waals surface area contributed by atoms with Crippen molar-refractivity contribution in [1.29, 1.82) is 5.41 Å². The third-order valence-electron chi connectivity index (χ3n) is 3.44. The normalized spacial score (nSPS) is 26.2. The molecule has 0 aromatic heterocycles. The second-order valence-electron chi connectivity index (χ2n) is 6.01. The van der Waals surface area contributed by atoms with Crippen molar-refractivity contribution >= 4 is 64.6 Å². The van der Waals surface area contributed by atoms with Crippen LogP contribution in [0, 0.1) is 5.41 Å². The molecule has 0 aliphatic carbocycles. The molecule has 0 radical (unpaired) electrons. The standard InChI is InChI=1S/C16H20Cl3NO10/c1-6(21)25-5-10-11(26-7(2)22)12(27-8(3)23)13(28-9(4)24)14(29-10)30-15(20)16(17,18)19/h10-14,20H,5H2,1-4H3/t10-,11-,12+,13-,14-/m1/s1/i5+1,10+1,11+1,12+1,13+1,14+1. The van der Waals surface area contributed by atoms with E-state index in [-0.39, 0.29) is 0 Å². The van der Waals surface area contributed by atoms with E-state index >= 15 is 0 Å². The summed E-state index contributed by atoms with van der Waals surface area (Å²) in [6, 6.07) is 0. The van der Waals surface area contributed by atoms with Crippen LogP contribution < -0.4 is 0 Å². The van der Waals surface area contributed by atoms with Gasteiger partial charge in [0.2, 0.25) is 18.3 Å². The molecule has 5 atom stereocenters. The smallest absolute Gasteiger partial charge is 0.303 e. The molecule has 170 valence electrons. The number of carbonyl (C=O) groups excluding carboxylic acids is 4. The minimum Gasteiger partial charge on any atom is -0.463 e. The van der Waals surface area contributed by atoms with Gasteiger partial charge in [-0.05, 0) is 0 Å². The Kier molecular flexibility index (Phi) is 9.60. The van der Waals surface area contributed by atoms with Crippen molar-refractivity contribution in [3.63, 3.8) is 0 Å². The molecule has 1 heterocycles. The zero-order chi connectivity index (χ0) is 23.2. The molecule has 0 unspecified atom stereocenters. The van der Waals surface area contributed by atoms with E-state index in [0.717, 1.165) is 27.7 Å². The Bertz CT molecular complexity index is 695. The van der Waals surface area contributed by atoms with Gasteiger partial charge < -0.3 is 28.4 Å². The monoisotopic (exact) mass is 497 g/mol. The molecule has 1 saturated heterocycles. The first-order chi connectivity index (χ1) is 13.7. The van der Waals surface area contributed by atoms with Crippen molar-refractivity contribution in [1.82, 2.24) is 0 Å². The summed E-state index contributed by atoms with van der Waals surface area (Å²) in [5.74, 6) is -4.03. The van der Waals surface area contributed by atoms with Crippen LogP contribution in [0.5, 0.6) is 0 Å². The molecule has 1 N–H and O–H groups in total. The SMILES string of the molecule is CC(=O)O[13CH2][13C@H]1O[13C@H](OC(=N)C(Cl)(Cl)Cl)[13C@H](OC(C)=O)[13C@@H](OC(C)=O)[13C@@H]1OC(C)=O. The maximum atomic E-state index is 11.7. The van der Waals surface area contributed by atoms with Crippen LogP contribution in [0.2, 0.25) is 0 Å². The van der Waals surface area contributed by atoms with Gasteiger partial charge in [0, 0.05) is 27.7 Å². The highest BCUT2D eigenvalue weighted by molar-refractivity contribution is 6.76. The molecule has 0 spiro atoms. The van der Waals surface area contributed by atoms with Gasteiger partial charge in [-0.1, -0.05) is 34.8 Å². The van der Waals surface area contributed by atoms with Crippen LogP contribution >= 0.6 is 34.8 Å². The molecular weight excluding hydrogens is 478 g/mol. The van der Waals surface area contributed by atoms with E-state index < -0.39 is 70.9 Å². The quantitative estimate of drug-likeness (QED) is 0.142. The molecule has 14 heteroatoms. The van der Waals surface area contributed by atoms with Crippen molar-refractivity contribution in [3.8, 4) is 0 Å². The molecule has 1 rings (SSSR count). The summed E-state index contributed by atoms with van der Waals surface area (Å²) >= 11 is 16.8. The summed E-state index contributed by atoms with van der Waals surface area (Å²) in [6.45, 7) is 3.86. The molecular formula is C16H20Cl3NO10. The zero-order valence-electron chi connectivity index (χ0n) is 16.3. The lowest BCUT2D eigenvalue weighted by atomic mass is 10.7. The molecule has 0 aromatic carbocycles. The van der Waals surface area contributed by atoms with Gasteiger partial charge in [0.25, 0.3) is 3.79 Å². The largest absolute Gasteiger partial charge is 0.463 e. The number of ether oxygens (including phenoxy) is 6. The number of nitrogens with one attached hydrogen (secondary N) is 1. The van der Waals surface area contributed by atoms with Crippen molar-refractivity contribution in [3.05, 3.63) is 0 Å². The van der Waals surface area contributed by atoms with Gasteiger partial charge in [-0.3, -0.25) is 24.6 Å². The highest BCUT2D eigenvalue weighted by Gasteiger charge is 2.54. The summed E-state index contributed by atoms with van der Waals surface area (Å²) < 4.78 is 28.9. The van der Waals surface area contributed by atoms with Crippen LogP contribution in [-0.4, -0.2) is 70.9 Å². The first-order valence-electron chi connectivity index (χ1n) is 8.35. The summed E-state index contributed by atoms with van der Waals surface area (Å²) in [5, 5.41) is 7.74. The van der Waals surface area contributed by atoms with Crippen LogP contribution in [0.15, 0.2) is 0 Å². The predicted molar refractivity (Wildman–Crippen MR) is 101 cm³/mol. The third kappa shape index (κ3) is 8.13. The first kappa shape index (κ1) is 26.2. The van der Waals surface area contributed by atoms with Crippen LogP contribution in [0.4, 0.5) is 0 Å². The summed E-state index contributed by atoms with van der Waals surface area (Å²) in [6.07, 6.45) is -7.25. The molecule has 0 amide bonds. The highest BCUT2D eigenvalue weighted by Crippen LogP contribution is 2.33. The Hall–Kier alpha value is -1.82. The van der Waals surface area contributed by atoms with Gasteiger partial charge in [0.15, 0.2) is 12.2 Å².